The van der Waals surface area contributed by atoms with Gasteiger partial charge in [0.2, 0.25) is 0 Å². The minimum absolute atomic E-state index is 0.0531. The van der Waals surface area contributed by atoms with Crippen LogP contribution in [0.5, 0.6) is 5.75 Å². The van der Waals surface area contributed by atoms with Crippen molar-refractivity contribution in [2.45, 2.75) is 46.1 Å². The molecule has 1 N–H and O–H groups in total. The lowest BCUT2D eigenvalue weighted by molar-refractivity contribution is 0.0934. The molecule has 100 valence electrons. The molecule has 1 rings (SSSR count). The number of rotatable bonds is 7. The van der Waals surface area contributed by atoms with Crippen LogP contribution in [0, 0.1) is 0 Å². The molecular formula is C15H23NO2. The summed E-state index contributed by atoms with van der Waals surface area (Å²) in [5.41, 5.74) is 0.619. The van der Waals surface area contributed by atoms with Gasteiger partial charge in [0.1, 0.15) is 5.75 Å². The Morgan fingerprint density at radius 2 is 2.00 bits per heavy atom. The molecule has 0 bridgehead atoms. The lowest BCUT2D eigenvalue weighted by Gasteiger charge is -2.15. The van der Waals surface area contributed by atoms with Crippen molar-refractivity contribution < 1.29 is 9.53 Å². The van der Waals surface area contributed by atoms with Crippen LogP contribution in [0.25, 0.3) is 0 Å². The van der Waals surface area contributed by atoms with Crippen LogP contribution < -0.4 is 10.1 Å². The first kappa shape index (κ1) is 14.6. The average Bonchev–Trinajstić information content (AvgIpc) is 2.36. The summed E-state index contributed by atoms with van der Waals surface area (Å²) in [6.45, 7) is 6.82. The number of carbonyl (C=O) groups excluding carboxylic acids is 1. The lowest BCUT2D eigenvalue weighted by atomic mass is 10.1. The number of hydrogen-bond acceptors (Lipinski definition) is 2. The zero-order valence-corrected chi connectivity index (χ0v) is 11.5. The number of carbonyl (C=O) groups is 1. The smallest absolute Gasteiger partial charge is 0.255 e. The molecule has 1 aromatic carbocycles. The Bertz CT molecular complexity index is 377. The van der Waals surface area contributed by atoms with Gasteiger partial charge >= 0.3 is 0 Å². The van der Waals surface area contributed by atoms with Crippen molar-refractivity contribution in [2.24, 2.45) is 0 Å². The zero-order valence-electron chi connectivity index (χ0n) is 11.5. The van der Waals surface area contributed by atoms with Crippen molar-refractivity contribution >= 4 is 5.91 Å². The van der Waals surface area contributed by atoms with E-state index in [1.54, 1.807) is 6.07 Å². The first-order valence-electron chi connectivity index (χ1n) is 6.71. The number of hydrogen-bond donors (Lipinski definition) is 1. The van der Waals surface area contributed by atoms with Crippen LogP contribution in [0.4, 0.5) is 0 Å². The van der Waals surface area contributed by atoms with Crippen molar-refractivity contribution in [3.63, 3.8) is 0 Å². The fraction of sp³-hybridized carbons (Fsp3) is 0.533. The van der Waals surface area contributed by atoms with E-state index in [1.165, 1.54) is 0 Å². The number of nitrogens with one attached hydrogen (secondary N) is 1. The summed E-state index contributed by atoms with van der Waals surface area (Å²) in [7, 11) is 0. The van der Waals surface area contributed by atoms with Gasteiger partial charge in [-0.3, -0.25) is 4.79 Å². The van der Waals surface area contributed by atoms with Gasteiger partial charge in [-0.25, -0.2) is 0 Å². The van der Waals surface area contributed by atoms with Crippen molar-refractivity contribution in [1.82, 2.24) is 5.32 Å². The molecule has 0 aliphatic heterocycles. The van der Waals surface area contributed by atoms with E-state index in [2.05, 4.69) is 12.2 Å². The Morgan fingerprint density at radius 3 is 2.67 bits per heavy atom. The van der Waals surface area contributed by atoms with Crippen molar-refractivity contribution in [3.8, 4) is 5.75 Å². The molecule has 0 aliphatic carbocycles. The van der Waals surface area contributed by atoms with Gasteiger partial charge < -0.3 is 10.1 Å². The predicted molar refractivity (Wildman–Crippen MR) is 74.1 cm³/mol. The van der Waals surface area contributed by atoms with E-state index >= 15 is 0 Å². The fourth-order valence-electron chi connectivity index (χ4n) is 1.80. The minimum Gasteiger partial charge on any atom is -0.493 e. The monoisotopic (exact) mass is 249 g/mol. The van der Waals surface area contributed by atoms with Crippen molar-refractivity contribution in [3.05, 3.63) is 29.8 Å². The highest BCUT2D eigenvalue weighted by molar-refractivity contribution is 5.97. The standard InChI is InChI=1S/C15H23NO2/c1-4-8-12(3)16-15(17)13-9-6-7-10-14(13)18-11-5-2/h6-7,9-10,12H,4-5,8,11H2,1-3H3,(H,16,17)/t12-/m1/s1. The summed E-state index contributed by atoms with van der Waals surface area (Å²) in [6, 6.07) is 7.59. The van der Waals surface area contributed by atoms with Gasteiger partial charge in [0, 0.05) is 6.04 Å². The van der Waals surface area contributed by atoms with Gasteiger partial charge in [0.05, 0.1) is 12.2 Å². The van der Waals surface area contributed by atoms with Crippen LogP contribution in [0.3, 0.4) is 0 Å². The molecule has 1 atom stereocenters. The van der Waals surface area contributed by atoms with Gasteiger partial charge in [-0.2, -0.15) is 0 Å². The van der Waals surface area contributed by atoms with Crippen LogP contribution in [-0.2, 0) is 0 Å². The maximum absolute atomic E-state index is 12.1. The highest BCUT2D eigenvalue weighted by Crippen LogP contribution is 2.18. The molecule has 0 fully saturated rings. The maximum atomic E-state index is 12.1. The number of para-hydroxylation sites is 1. The minimum atomic E-state index is -0.0531. The van der Waals surface area contributed by atoms with Crippen LogP contribution in [0.1, 0.15) is 50.4 Å². The van der Waals surface area contributed by atoms with Crippen molar-refractivity contribution in [2.75, 3.05) is 6.61 Å². The molecule has 0 unspecified atom stereocenters. The second-order valence-electron chi connectivity index (χ2n) is 4.51. The second-order valence-corrected chi connectivity index (χ2v) is 4.51. The first-order valence-corrected chi connectivity index (χ1v) is 6.71. The van der Waals surface area contributed by atoms with Crippen LogP contribution in [0.2, 0.25) is 0 Å². The Labute approximate surface area is 110 Å². The maximum Gasteiger partial charge on any atom is 0.255 e. The largest absolute Gasteiger partial charge is 0.493 e. The summed E-state index contributed by atoms with van der Waals surface area (Å²) >= 11 is 0. The molecule has 0 aromatic heterocycles. The molecule has 0 saturated heterocycles. The molecule has 0 radical (unpaired) electrons. The molecular weight excluding hydrogens is 226 g/mol. The Hall–Kier alpha value is -1.51. The first-order chi connectivity index (χ1) is 8.69. The van der Waals surface area contributed by atoms with E-state index in [0.29, 0.717) is 17.9 Å². The third kappa shape index (κ3) is 4.40. The normalized spacial score (nSPS) is 11.9. The van der Waals surface area contributed by atoms with Gasteiger partial charge in [-0.15, -0.1) is 0 Å². The quantitative estimate of drug-likeness (QED) is 0.804. The Balaban J connectivity index is 2.71. The summed E-state index contributed by atoms with van der Waals surface area (Å²) in [4.78, 5) is 12.1. The predicted octanol–water partition coefficient (Wildman–Crippen LogP) is 3.39. The van der Waals surface area contributed by atoms with E-state index in [1.807, 2.05) is 32.0 Å². The highest BCUT2D eigenvalue weighted by Gasteiger charge is 2.13. The van der Waals surface area contributed by atoms with Crippen LogP contribution in [0.15, 0.2) is 24.3 Å². The molecule has 1 aromatic rings. The molecule has 0 aliphatic rings. The number of ether oxygens (including phenoxy) is 1. The van der Waals surface area contributed by atoms with Crippen LogP contribution in [-0.4, -0.2) is 18.6 Å². The molecule has 0 saturated carbocycles. The SMILES string of the molecule is CCCOc1ccccc1C(=O)N[C@H](C)CCC. The molecule has 3 nitrogen and oxygen atoms in total. The van der Waals surface area contributed by atoms with E-state index in [0.717, 1.165) is 19.3 Å². The fourth-order valence-corrected chi connectivity index (χ4v) is 1.80. The van der Waals surface area contributed by atoms with E-state index < -0.39 is 0 Å². The lowest BCUT2D eigenvalue weighted by Crippen LogP contribution is -2.32. The number of amides is 1. The summed E-state index contributed by atoms with van der Waals surface area (Å²) < 4.78 is 5.59. The van der Waals surface area contributed by atoms with Gasteiger partial charge in [-0.05, 0) is 31.9 Å². The average molecular weight is 249 g/mol. The molecule has 1 amide bonds. The van der Waals surface area contributed by atoms with Gasteiger partial charge in [0.15, 0.2) is 0 Å². The summed E-state index contributed by atoms with van der Waals surface area (Å²) in [5, 5.41) is 2.99. The topological polar surface area (TPSA) is 38.3 Å². The third-order valence-electron chi connectivity index (χ3n) is 2.69. The van der Waals surface area contributed by atoms with Crippen LogP contribution >= 0.6 is 0 Å². The van der Waals surface area contributed by atoms with Gasteiger partial charge in [-0.1, -0.05) is 32.4 Å². The Morgan fingerprint density at radius 1 is 1.28 bits per heavy atom. The summed E-state index contributed by atoms with van der Waals surface area (Å²) in [5.74, 6) is 0.614. The summed E-state index contributed by atoms with van der Waals surface area (Å²) in [6.07, 6.45) is 2.99. The molecule has 3 heteroatoms. The molecule has 0 spiro atoms. The zero-order chi connectivity index (χ0) is 13.4. The van der Waals surface area contributed by atoms with E-state index in [4.69, 9.17) is 4.74 Å². The highest BCUT2D eigenvalue weighted by atomic mass is 16.5. The Kier molecular flexibility index (Phi) is 6.26. The van der Waals surface area contributed by atoms with Gasteiger partial charge in [0.25, 0.3) is 5.91 Å². The van der Waals surface area contributed by atoms with Crippen molar-refractivity contribution in [1.29, 1.82) is 0 Å². The van der Waals surface area contributed by atoms with E-state index in [-0.39, 0.29) is 11.9 Å². The van der Waals surface area contributed by atoms with E-state index in [9.17, 15) is 4.79 Å². The number of benzene rings is 1. The third-order valence-corrected chi connectivity index (χ3v) is 2.69. The second kappa shape index (κ2) is 7.75. The molecule has 18 heavy (non-hydrogen) atoms. The molecule has 0 heterocycles.